The summed E-state index contributed by atoms with van der Waals surface area (Å²) in [7, 11) is 0.680. The van der Waals surface area contributed by atoms with Crippen LogP contribution in [0, 0.1) is 6.92 Å². The van der Waals surface area contributed by atoms with E-state index < -0.39 is 10.0 Å². The molecule has 1 aliphatic heterocycles. The fourth-order valence-electron chi connectivity index (χ4n) is 6.12. The van der Waals surface area contributed by atoms with Gasteiger partial charge in [-0.3, -0.25) is 0 Å². The van der Waals surface area contributed by atoms with E-state index in [0.29, 0.717) is 42.5 Å². The number of aromatic nitrogens is 2. The fourth-order valence-corrected chi connectivity index (χ4v) is 7.92. The van der Waals surface area contributed by atoms with Gasteiger partial charge in [-0.2, -0.15) is 9.29 Å². The summed E-state index contributed by atoms with van der Waals surface area (Å²) in [6.07, 6.45) is 7.90. The van der Waals surface area contributed by atoms with E-state index in [0.717, 1.165) is 37.1 Å². The molecule has 0 unspecified atom stereocenters. The third-order valence-corrected chi connectivity index (χ3v) is 10.6. The quantitative estimate of drug-likeness (QED) is 0.246. The van der Waals surface area contributed by atoms with Crippen LogP contribution in [0.15, 0.2) is 47.5 Å². The van der Waals surface area contributed by atoms with Gasteiger partial charge >= 0.3 is 0 Å². The number of nitrogens with one attached hydrogen (secondary N) is 2. The molecule has 1 saturated heterocycles. The van der Waals surface area contributed by atoms with Crippen LogP contribution in [0.4, 0.5) is 23.1 Å². The average molecular weight is 627 g/mol. The van der Waals surface area contributed by atoms with Gasteiger partial charge in [-0.05, 0) is 115 Å². The largest absolute Gasteiger partial charge is 0.489 e. The summed E-state index contributed by atoms with van der Waals surface area (Å²) in [5, 5.41) is 6.76. The molecule has 0 amide bonds. The molecule has 5 rings (SSSR count). The third-order valence-electron chi connectivity index (χ3n) is 8.41. The number of hydrogen-bond acceptors (Lipinski definition) is 8. The first-order valence-corrected chi connectivity index (χ1v) is 17.0. The Kier molecular flexibility index (Phi) is 9.80. The number of anilines is 4. The Balaban J connectivity index is 1.41. The molecule has 0 bridgehead atoms. The molecule has 43 heavy (non-hydrogen) atoms. The van der Waals surface area contributed by atoms with Crippen LogP contribution in [-0.2, 0) is 10.0 Å². The second-order valence-corrected chi connectivity index (χ2v) is 14.4. The Morgan fingerprint density at radius 1 is 1.02 bits per heavy atom. The number of ether oxygens (including phenoxy) is 1. The average Bonchev–Trinajstić information content (AvgIpc) is 3.53. The van der Waals surface area contributed by atoms with Crippen LogP contribution in [0.1, 0.15) is 69.4 Å². The molecule has 0 spiro atoms. The third kappa shape index (κ3) is 7.25. The van der Waals surface area contributed by atoms with Crippen LogP contribution in [0.5, 0.6) is 5.75 Å². The molecule has 2 heterocycles. The minimum absolute atomic E-state index is 0.0157. The van der Waals surface area contributed by atoms with Gasteiger partial charge in [0, 0.05) is 19.1 Å². The molecule has 0 atom stereocenters. The second kappa shape index (κ2) is 13.4. The second-order valence-electron chi connectivity index (χ2n) is 12.1. The first kappa shape index (κ1) is 31.5. The number of para-hydroxylation sites is 1. The van der Waals surface area contributed by atoms with E-state index in [2.05, 4.69) is 58.7 Å². The van der Waals surface area contributed by atoms with Crippen molar-refractivity contribution in [3.63, 3.8) is 0 Å². The molecule has 2 N–H and O–H groups in total. The van der Waals surface area contributed by atoms with Gasteiger partial charge in [0.05, 0.1) is 23.7 Å². The number of benzene rings is 2. The van der Waals surface area contributed by atoms with Gasteiger partial charge in [0.2, 0.25) is 16.0 Å². The van der Waals surface area contributed by atoms with Gasteiger partial charge in [0.1, 0.15) is 15.7 Å². The highest BCUT2D eigenvalue weighted by Gasteiger charge is 2.30. The molecule has 1 aliphatic carbocycles. The predicted octanol–water partition coefficient (Wildman–Crippen LogP) is 7.09. The Bertz CT molecular complexity index is 1530. The van der Waals surface area contributed by atoms with E-state index >= 15 is 0 Å². The van der Waals surface area contributed by atoms with Gasteiger partial charge in [-0.25, -0.2) is 13.4 Å². The Hall–Kier alpha value is -2.92. The van der Waals surface area contributed by atoms with Crippen LogP contribution in [0.25, 0.3) is 0 Å². The topological polar surface area (TPSA) is 99.7 Å². The molecule has 2 fully saturated rings. The highest BCUT2D eigenvalue weighted by atomic mass is 35.5. The lowest BCUT2D eigenvalue weighted by atomic mass is 9.80. The Labute approximate surface area is 261 Å². The van der Waals surface area contributed by atoms with Crippen molar-refractivity contribution in [3.05, 3.63) is 58.7 Å². The molecular weight excluding hydrogens is 584 g/mol. The van der Waals surface area contributed by atoms with Gasteiger partial charge in [-0.15, -0.1) is 0 Å². The Morgan fingerprint density at radius 3 is 2.40 bits per heavy atom. The maximum absolute atomic E-state index is 13.4. The summed E-state index contributed by atoms with van der Waals surface area (Å²) in [5.74, 6) is 1.87. The maximum Gasteiger partial charge on any atom is 0.245 e. The fraction of sp³-hybridized carbons (Fsp3) is 0.500. The van der Waals surface area contributed by atoms with E-state index in [1.165, 1.54) is 34.5 Å². The minimum atomic E-state index is -3.65. The number of aryl methyl sites for hydroxylation is 1. The van der Waals surface area contributed by atoms with Crippen molar-refractivity contribution in [1.29, 1.82) is 0 Å². The monoisotopic (exact) mass is 626 g/mol. The van der Waals surface area contributed by atoms with Crippen LogP contribution in [-0.4, -0.2) is 66.9 Å². The van der Waals surface area contributed by atoms with Crippen molar-refractivity contribution < 1.29 is 13.2 Å². The summed E-state index contributed by atoms with van der Waals surface area (Å²) >= 11 is 6.50. The van der Waals surface area contributed by atoms with E-state index in [-0.39, 0.29) is 16.0 Å². The number of hydrogen-bond donors (Lipinski definition) is 2. The van der Waals surface area contributed by atoms with Crippen molar-refractivity contribution in [2.75, 3.05) is 37.8 Å². The Morgan fingerprint density at radius 2 is 1.72 bits per heavy atom. The van der Waals surface area contributed by atoms with Gasteiger partial charge in [0.15, 0.2) is 5.82 Å². The molecule has 1 aromatic heterocycles. The lowest BCUT2D eigenvalue weighted by Gasteiger charge is -2.33. The van der Waals surface area contributed by atoms with Crippen LogP contribution in [0.2, 0.25) is 5.02 Å². The zero-order chi connectivity index (χ0) is 30.7. The van der Waals surface area contributed by atoms with Crippen LogP contribution >= 0.6 is 11.6 Å². The standard InChI is InChI=1S/C32H43ClN6O3S/c1-21(2)42-29-19-25(23-12-14-24(15-13-23)38(4)5)22(3)18-28(29)36-32-34-20-26(33)31(37-32)35-27-10-6-7-11-30(27)43(40,41)39-16-8-9-17-39/h6-7,10-11,18-21,23-24H,8-9,12-17H2,1-5H3,(H2,34,35,36,37). The van der Waals surface area contributed by atoms with Crippen molar-refractivity contribution in [2.24, 2.45) is 0 Å². The summed E-state index contributed by atoms with van der Waals surface area (Å²) in [6, 6.07) is 11.8. The van der Waals surface area contributed by atoms with E-state index in [9.17, 15) is 8.42 Å². The number of rotatable bonds is 10. The van der Waals surface area contributed by atoms with E-state index in [1.54, 1.807) is 24.3 Å². The van der Waals surface area contributed by atoms with Gasteiger partial charge in [-0.1, -0.05) is 23.7 Å². The smallest absolute Gasteiger partial charge is 0.245 e. The number of halogens is 1. The van der Waals surface area contributed by atoms with Crippen LogP contribution < -0.4 is 15.4 Å². The van der Waals surface area contributed by atoms with Crippen molar-refractivity contribution in [3.8, 4) is 5.75 Å². The number of sulfonamides is 1. The first-order chi connectivity index (χ1) is 20.5. The number of nitrogens with zero attached hydrogens (tertiary/aromatic N) is 4. The molecule has 232 valence electrons. The molecule has 9 nitrogen and oxygen atoms in total. The molecule has 2 aromatic carbocycles. The molecule has 0 radical (unpaired) electrons. The van der Waals surface area contributed by atoms with Crippen molar-refractivity contribution in [1.82, 2.24) is 19.2 Å². The van der Waals surface area contributed by atoms with Crippen molar-refractivity contribution in [2.45, 2.75) is 82.3 Å². The molecule has 2 aliphatic rings. The van der Waals surface area contributed by atoms with Crippen molar-refractivity contribution >= 4 is 44.8 Å². The summed E-state index contributed by atoms with van der Waals surface area (Å²) in [4.78, 5) is 11.6. The molecule has 1 saturated carbocycles. The lowest BCUT2D eigenvalue weighted by Crippen LogP contribution is -2.31. The van der Waals surface area contributed by atoms with Gasteiger partial charge < -0.3 is 20.3 Å². The highest BCUT2D eigenvalue weighted by Crippen LogP contribution is 2.41. The molecule has 11 heteroatoms. The summed E-state index contributed by atoms with van der Waals surface area (Å²) in [5.41, 5.74) is 3.70. The maximum atomic E-state index is 13.4. The predicted molar refractivity (Wildman–Crippen MR) is 174 cm³/mol. The summed E-state index contributed by atoms with van der Waals surface area (Å²) < 4.78 is 34.6. The summed E-state index contributed by atoms with van der Waals surface area (Å²) in [6.45, 7) is 7.22. The zero-order valence-corrected chi connectivity index (χ0v) is 27.3. The van der Waals surface area contributed by atoms with Gasteiger partial charge in [0.25, 0.3) is 0 Å². The first-order valence-electron chi connectivity index (χ1n) is 15.2. The lowest BCUT2D eigenvalue weighted by molar-refractivity contribution is 0.215. The van der Waals surface area contributed by atoms with E-state index in [1.807, 2.05) is 13.8 Å². The minimum Gasteiger partial charge on any atom is -0.489 e. The van der Waals surface area contributed by atoms with E-state index in [4.69, 9.17) is 16.3 Å². The molecular formula is C32H43ClN6O3S. The SMILES string of the molecule is Cc1cc(Nc2ncc(Cl)c(Nc3ccccc3S(=O)(=O)N3CCCC3)n2)c(OC(C)C)cc1C1CCC(N(C)C)CC1. The van der Waals surface area contributed by atoms with Crippen LogP contribution in [0.3, 0.4) is 0 Å². The highest BCUT2D eigenvalue weighted by molar-refractivity contribution is 7.89. The molecule has 3 aromatic rings. The normalized spacial score (nSPS) is 19.6. The zero-order valence-electron chi connectivity index (χ0n) is 25.7.